The third kappa shape index (κ3) is 3.18. The van der Waals surface area contributed by atoms with Crippen LogP contribution in [0.4, 0.5) is 5.82 Å². The molecule has 0 aliphatic carbocycles. The monoisotopic (exact) mass is 299 g/mol. The zero-order chi connectivity index (χ0) is 12.3. The summed E-state index contributed by atoms with van der Waals surface area (Å²) >= 11 is 3.58. The average Bonchev–Trinajstić information content (AvgIpc) is 2.29. The Labute approximate surface area is 110 Å². The maximum absolute atomic E-state index is 5.69. The molecule has 0 spiro atoms. The summed E-state index contributed by atoms with van der Waals surface area (Å²) in [6, 6.07) is 2.10. The molecule has 1 aromatic heterocycles. The highest BCUT2D eigenvalue weighted by atomic mass is 79.9. The number of halogens is 1. The Kier molecular flexibility index (Phi) is 4.36. The Morgan fingerprint density at radius 2 is 2.47 bits per heavy atom. The summed E-state index contributed by atoms with van der Waals surface area (Å²) in [7, 11) is 1.95. The first-order chi connectivity index (χ1) is 8.20. The van der Waals surface area contributed by atoms with Crippen molar-refractivity contribution in [1.82, 2.24) is 10.3 Å². The second-order valence-corrected chi connectivity index (χ2v) is 5.17. The minimum Gasteiger partial charge on any atom is -0.373 e. The summed E-state index contributed by atoms with van der Waals surface area (Å²) in [5.74, 6) is 1.01. The molecule has 0 aromatic carbocycles. The minimum atomic E-state index is 0.240. The molecule has 5 heteroatoms. The largest absolute Gasteiger partial charge is 0.373 e. The van der Waals surface area contributed by atoms with Gasteiger partial charge in [0.05, 0.1) is 17.2 Å². The van der Waals surface area contributed by atoms with E-state index in [2.05, 4.69) is 37.2 Å². The van der Waals surface area contributed by atoms with Crippen LogP contribution in [0.2, 0.25) is 0 Å². The van der Waals surface area contributed by atoms with Crippen molar-refractivity contribution in [3.05, 3.63) is 22.3 Å². The molecule has 4 nitrogen and oxygen atoms in total. The Morgan fingerprint density at radius 3 is 3.18 bits per heavy atom. The van der Waals surface area contributed by atoms with Crippen LogP contribution >= 0.6 is 15.9 Å². The van der Waals surface area contributed by atoms with Gasteiger partial charge in [-0.15, -0.1) is 0 Å². The van der Waals surface area contributed by atoms with Crippen molar-refractivity contribution in [2.45, 2.75) is 13.0 Å². The smallest absolute Gasteiger partial charge is 0.143 e. The maximum Gasteiger partial charge on any atom is 0.143 e. The van der Waals surface area contributed by atoms with Crippen molar-refractivity contribution in [1.29, 1.82) is 0 Å². The van der Waals surface area contributed by atoms with Crippen LogP contribution in [0.1, 0.15) is 5.56 Å². The van der Waals surface area contributed by atoms with Gasteiger partial charge in [-0.25, -0.2) is 4.98 Å². The molecule has 94 valence electrons. The average molecular weight is 300 g/mol. The van der Waals surface area contributed by atoms with Gasteiger partial charge in [-0.2, -0.15) is 0 Å². The van der Waals surface area contributed by atoms with Crippen molar-refractivity contribution in [3.8, 4) is 0 Å². The Bertz CT molecular complexity index is 384. The standard InChI is InChI=1S/C12H18BrN3O/c1-9-5-11(13)12(15-6-9)16-3-4-17-10(8-16)7-14-2/h5-6,10,14H,3-4,7-8H2,1-2H3. The SMILES string of the molecule is CNCC1CN(c2ncc(C)cc2Br)CCO1. The first-order valence-electron chi connectivity index (χ1n) is 5.84. The summed E-state index contributed by atoms with van der Waals surface area (Å²) in [5.41, 5.74) is 1.17. The fourth-order valence-electron chi connectivity index (χ4n) is 2.02. The number of nitrogens with zero attached hydrogens (tertiary/aromatic N) is 2. The van der Waals surface area contributed by atoms with Crippen molar-refractivity contribution in [2.75, 3.05) is 38.2 Å². The van der Waals surface area contributed by atoms with Gasteiger partial charge in [-0.3, -0.25) is 0 Å². The normalized spacial score (nSPS) is 20.6. The van der Waals surface area contributed by atoms with Crippen LogP contribution in [0.25, 0.3) is 0 Å². The van der Waals surface area contributed by atoms with Crippen LogP contribution in [-0.2, 0) is 4.74 Å². The Morgan fingerprint density at radius 1 is 1.65 bits per heavy atom. The van der Waals surface area contributed by atoms with Crippen LogP contribution in [-0.4, -0.2) is 44.4 Å². The highest BCUT2D eigenvalue weighted by Gasteiger charge is 2.22. The van der Waals surface area contributed by atoms with E-state index in [1.807, 2.05) is 20.2 Å². The molecule has 1 fully saturated rings. The molecule has 0 amide bonds. The number of hydrogen-bond donors (Lipinski definition) is 1. The molecule has 0 radical (unpaired) electrons. The molecule has 1 atom stereocenters. The van der Waals surface area contributed by atoms with E-state index in [0.29, 0.717) is 0 Å². The first kappa shape index (κ1) is 12.8. The summed E-state index contributed by atoms with van der Waals surface area (Å²) in [6.07, 6.45) is 2.14. The highest BCUT2D eigenvalue weighted by Crippen LogP contribution is 2.25. The third-order valence-corrected chi connectivity index (χ3v) is 3.41. The molecule has 1 aromatic rings. The van der Waals surface area contributed by atoms with Gasteiger partial charge in [-0.1, -0.05) is 0 Å². The van der Waals surface area contributed by atoms with Crippen molar-refractivity contribution in [3.63, 3.8) is 0 Å². The van der Waals surface area contributed by atoms with Gasteiger partial charge in [0, 0.05) is 25.8 Å². The predicted molar refractivity (Wildman–Crippen MR) is 72.6 cm³/mol. The van der Waals surface area contributed by atoms with E-state index >= 15 is 0 Å². The van der Waals surface area contributed by atoms with Crippen LogP contribution in [0.5, 0.6) is 0 Å². The number of likely N-dealkylation sites (N-methyl/N-ethyl adjacent to an activating group) is 1. The first-order valence-corrected chi connectivity index (χ1v) is 6.63. The lowest BCUT2D eigenvalue weighted by Crippen LogP contribution is -2.46. The summed E-state index contributed by atoms with van der Waals surface area (Å²) in [5, 5.41) is 3.15. The van der Waals surface area contributed by atoms with Gasteiger partial charge >= 0.3 is 0 Å². The van der Waals surface area contributed by atoms with Crippen LogP contribution in [0.3, 0.4) is 0 Å². The molecule has 1 N–H and O–H groups in total. The molecule has 0 saturated carbocycles. The van der Waals surface area contributed by atoms with Gasteiger partial charge in [0.15, 0.2) is 0 Å². The van der Waals surface area contributed by atoms with Crippen LogP contribution < -0.4 is 10.2 Å². The minimum absolute atomic E-state index is 0.240. The second kappa shape index (κ2) is 5.80. The lowest BCUT2D eigenvalue weighted by molar-refractivity contribution is 0.0418. The van der Waals surface area contributed by atoms with E-state index in [1.165, 1.54) is 5.56 Å². The summed E-state index contributed by atoms with van der Waals surface area (Å²) in [6.45, 7) is 5.46. The number of nitrogens with one attached hydrogen (secondary N) is 1. The van der Waals surface area contributed by atoms with E-state index in [1.54, 1.807) is 0 Å². The molecule has 1 saturated heterocycles. The van der Waals surface area contributed by atoms with Gasteiger partial charge in [0.1, 0.15) is 5.82 Å². The van der Waals surface area contributed by atoms with E-state index in [9.17, 15) is 0 Å². The Balaban J connectivity index is 2.10. The molecular formula is C12H18BrN3O. The van der Waals surface area contributed by atoms with E-state index in [0.717, 1.165) is 36.5 Å². The maximum atomic E-state index is 5.69. The number of aryl methyl sites for hydroxylation is 1. The van der Waals surface area contributed by atoms with Crippen LogP contribution in [0, 0.1) is 6.92 Å². The topological polar surface area (TPSA) is 37.4 Å². The molecule has 1 unspecified atom stereocenters. The Hall–Kier alpha value is -0.650. The summed E-state index contributed by atoms with van der Waals surface area (Å²) in [4.78, 5) is 6.77. The fourth-order valence-corrected chi connectivity index (χ4v) is 2.74. The van der Waals surface area contributed by atoms with Gasteiger partial charge in [0.2, 0.25) is 0 Å². The number of pyridine rings is 1. The van der Waals surface area contributed by atoms with Crippen molar-refractivity contribution in [2.24, 2.45) is 0 Å². The second-order valence-electron chi connectivity index (χ2n) is 4.31. The number of aromatic nitrogens is 1. The van der Waals surface area contributed by atoms with Gasteiger partial charge in [0.25, 0.3) is 0 Å². The predicted octanol–water partition coefficient (Wildman–Crippen LogP) is 1.58. The number of ether oxygens (including phenoxy) is 1. The van der Waals surface area contributed by atoms with E-state index in [4.69, 9.17) is 4.74 Å². The van der Waals surface area contributed by atoms with Gasteiger partial charge in [-0.05, 0) is 41.5 Å². The van der Waals surface area contributed by atoms with E-state index in [-0.39, 0.29) is 6.10 Å². The molecule has 2 rings (SSSR count). The number of hydrogen-bond acceptors (Lipinski definition) is 4. The molecule has 2 heterocycles. The molecule has 1 aliphatic heterocycles. The number of morpholine rings is 1. The highest BCUT2D eigenvalue weighted by molar-refractivity contribution is 9.10. The number of anilines is 1. The molecule has 0 bridgehead atoms. The van der Waals surface area contributed by atoms with Crippen LogP contribution in [0.15, 0.2) is 16.7 Å². The molecule has 17 heavy (non-hydrogen) atoms. The zero-order valence-corrected chi connectivity index (χ0v) is 11.8. The summed E-state index contributed by atoms with van der Waals surface area (Å²) < 4.78 is 6.74. The lowest BCUT2D eigenvalue weighted by Gasteiger charge is -2.34. The molecular weight excluding hydrogens is 282 g/mol. The van der Waals surface area contributed by atoms with E-state index < -0.39 is 0 Å². The lowest BCUT2D eigenvalue weighted by atomic mass is 10.2. The number of rotatable bonds is 3. The third-order valence-electron chi connectivity index (χ3n) is 2.83. The fraction of sp³-hybridized carbons (Fsp3) is 0.583. The van der Waals surface area contributed by atoms with Gasteiger partial charge < -0.3 is 15.0 Å². The quantitative estimate of drug-likeness (QED) is 0.919. The zero-order valence-electron chi connectivity index (χ0n) is 10.2. The molecule has 1 aliphatic rings. The van der Waals surface area contributed by atoms with Crippen molar-refractivity contribution >= 4 is 21.7 Å². The van der Waals surface area contributed by atoms with Crippen molar-refractivity contribution < 1.29 is 4.74 Å².